The molecule has 0 atom stereocenters. The molecule has 0 aliphatic rings. The third kappa shape index (κ3) is 3.70. The van der Waals surface area contributed by atoms with Crippen molar-refractivity contribution in [1.29, 1.82) is 0 Å². The van der Waals surface area contributed by atoms with E-state index in [1.807, 2.05) is 0 Å². The van der Waals surface area contributed by atoms with Crippen LogP contribution in [0.2, 0.25) is 0 Å². The fraction of sp³-hybridized carbons (Fsp3) is 0.0588. The van der Waals surface area contributed by atoms with Gasteiger partial charge in [0, 0.05) is 17.7 Å². The van der Waals surface area contributed by atoms with E-state index in [0.717, 1.165) is 0 Å². The summed E-state index contributed by atoms with van der Waals surface area (Å²) in [4.78, 5) is 10.3. The molecule has 0 spiro atoms. The molecule has 9 heteroatoms. The van der Waals surface area contributed by atoms with Gasteiger partial charge in [0.25, 0.3) is 11.6 Å². The first-order valence-electron chi connectivity index (χ1n) is 7.27. The van der Waals surface area contributed by atoms with E-state index in [1.165, 1.54) is 43.5 Å². The number of hydrogen-bond acceptors (Lipinski definition) is 6. The van der Waals surface area contributed by atoms with Crippen LogP contribution >= 0.6 is 11.6 Å². The molecule has 0 bridgehead atoms. The second kappa shape index (κ2) is 7.32. The highest BCUT2D eigenvalue weighted by molar-refractivity contribution is 6.50. The lowest BCUT2D eigenvalue weighted by molar-refractivity contribution is -0.384. The van der Waals surface area contributed by atoms with Crippen LogP contribution in [0.15, 0.2) is 46.9 Å². The smallest absolute Gasteiger partial charge is 0.270 e. The maximum absolute atomic E-state index is 13.7. The number of rotatable bonds is 5. The maximum atomic E-state index is 13.7. The van der Waals surface area contributed by atoms with Crippen molar-refractivity contribution in [2.75, 3.05) is 7.11 Å². The lowest BCUT2D eigenvalue weighted by Crippen LogP contribution is -1.88. The van der Waals surface area contributed by atoms with Crippen LogP contribution in [0.5, 0.6) is 5.75 Å². The van der Waals surface area contributed by atoms with Gasteiger partial charge in [0.2, 0.25) is 5.89 Å². The summed E-state index contributed by atoms with van der Waals surface area (Å²) in [6.07, 6.45) is 1.45. The van der Waals surface area contributed by atoms with Crippen LogP contribution in [0, 0.1) is 15.9 Å². The lowest BCUT2D eigenvalue weighted by atomic mass is 10.2. The Morgan fingerprint density at radius 2 is 2.12 bits per heavy atom. The lowest BCUT2D eigenvalue weighted by Gasteiger charge is -2.02. The van der Waals surface area contributed by atoms with E-state index in [0.29, 0.717) is 11.1 Å². The predicted octanol–water partition coefficient (Wildman–Crippen LogP) is 4.53. The van der Waals surface area contributed by atoms with Gasteiger partial charge in [0.1, 0.15) is 5.03 Å². The van der Waals surface area contributed by atoms with Crippen LogP contribution in [0.4, 0.5) is 10.1 Å². The van der Waals surface area contributed by atoms with E-state index < -0.39 is 10.7 Å². The van der Waals surface area contributed by atoms with Crippen molar-refractivity contribution in [1.82, 2.24) is 10.2 Å². The molecular formula is C17H11ClFN3O4. The monoisotopic (exact) mass is 375 g/mol. The van der Waals surface area contributed by atoms with Gasteiger partial charge in [-0.25, -0.2) is 4.39 Å². The van der Waals surface area contributed by atoms with Crippen molar-refractivity contribution in [3.05, 3.63) is 69.9 Å². The van der Waals surface area contributed by atoms with Gasteiger partial charge in [0.05, 0.1) is 12.0 Å². The SMILES string of the molecule is COc1ccc(/C=C(\Cl)c2nnc(-c3cccc([N+](=O)[O-])c3)o2)cc1F. The Bertz CT molecular complexity index is 1000. The number of aromatic nitrogens is 2. The third-order valence-electron chi connectivity index (χ3n) is 3.40. The van der Waals surface area contributed by atoms with E-state index in [-0.39, 0.29) is 28.3 Å². The minimum Gasteiger partial charge on any atom is -0.494 e. The van der Waals surface area contributed by atoms with Crippen molar-refractivity contribution < 1.29 is 18.5 Å². The Labute approximate surface area is 151 Å². The molecule has 0 N–H and O–H groups in total. The molecule has 1 aromatic heterocycles. The van der Waals surface area contributed by atoms with Crippen LogP contribution in [-0.4, -0.2) is 22.2 Å². The van der Waals surface area contributed by atoms with Gasteiger partial charge < -0.3 is 9.15 Å². The molecule has 1 heterocycles. The summed E-state index contributed by atoms with van der Waals surface area (Å²) in [7, 11) is 1.37. The number of hydrogen-bond donors (Lipinski definition) is 0. The van der Waals surface area contributed by atoms with Crippen LogP contribution in [0.3, 0.4) is 0 Å². The van der Waals surface area contributed by atoms with Gasteiger partial charge in [-0.3, -0.25) is 10.1 Å². The number of ether oxygens (including phenoxy) is 1. The topological polar surface area (TPSA) is 91.3 Å². The molecule has 3 rings (SSSR count). The van der Waals surface area contributed by atoms with Crippen LogP contribution in [0.25, 0.3) is 22.6 Å². The van der Waals surface area contributed by atoms with Crippen LogP contribution < -0.4 is 4.74 Å². The summed E-state index contributed by atoms with van der Waals surface area (Å²) in [5.41, 5.74) is 0.763. The summed E-state index contributed by atoms with van der Waals surface area (Å²) < 4.78 is 24.0. The first kappa shape index (κ1) is 17.6. The largest absolute Gasteiger partial charge is 0.494 e. The van der Waals surface area contributed by atoms with Crippen molar-refractivity contribution >= 4 is 28.4 Å². The van der Waals surface area contributed by atoms with Crippen LogP contribution in [-0.2, 0) is 0 Å². The molecular weight excluding hydrogens is 365 g/mol. The van der Waals surface area contributed by atoms with E-state index in [2.05, 4.69) is 10.2 Å². The van der Waals surface area contributed by atoms with Crippen molar-refractivity contribution in [2.45, 2.75) is 0 Å². The zero-order valence-electron chi connectivity index (χ0n) is 13.3. The normalized spacial score (nSPS) is 11.4. The van der Waals surface area contributed by atoms with Crippen molar-refractivity contribution in [3.63, 3.8) is 0 Å². The molecule has 0 unspecified atom stereocenters. The third-order valence-corrected chi connectivity index (χ3v) is 3.67. The van der Waals surface area contributed by atoms with Gasteiger partial charge in [0.15, 0.2) is 11.6 Å². The molecule has 26 heavy (non-hydrogen) atoms. The molecule has 0 aliphatic heterocycles. The summed E-state index contributed by atoms with van der Waals surface area (Å²) in [6.45, 7) is 0. The zero-order valence-corrected chi connectivity index (χ0v) is 14.1. The highest BCUT2D eigenvalue weighted by Crippen LogP contribution is 2.28. The highest BCUT2D eigenvalue weighted by atomic mass is 35.5. The minimum atomic E-state index is -0.534. The molecule has 0 saturated heterocycles. The molecule has 132 valence electrons. The molecule has 0 fully saturated rings. The molecule has 0 radical (unpaired) electrons. The number of non-ortho nitro benzene ring substituents is 1. The quantitative estimate of drug-likeness (QED) is 0.480. The van der Waals surface area contributed by atoms with Gasteiger partial charge in [-0.05, 0) is 29.8 Å². The van der Waals surface area contributed by atoms with Gasteiger partial charge >= 0.3 is 0 Å². The Morgan fingerprint density at radius 3 is 2.81 bits per heavy atom. The number of nitro benzene ring substituents is 1. The minimum absolute atomic E-state index is 0.00407. The van der Waals surface area contributed by atoms with Gasteiger partial charge in [-0.1, -0.05) is 23.7 Å². The Hall–Kier alpha value is -3.26. The van der Waals surface area contributed by atoms with Crippen molar-refractivity contribution in [2.24, 2.45) is 0 Å². The number of methoxy groups -OCH3 is 1. The molecule has 0 aliphatic carbocycles. The van der Waals surface area contributed by atoms with E-state index in [1.54, 1.807) is 12.1 Å². The predicted molar refractivity (Wildman–Crippen MR) is 93.1 cm³/mol. The molecule has 7 nitrogen and oxygen atoms in total. The molecule has 0 saturated carbocycles. The fourth-order valence-corrected chi connectivity index (χ4v) is 2.37. The molecule has 3 aromatic rings. The Morgan fingerprint density at radius 1 is 1.31 bits per heavy atom. The maximum Gasteiger partial charge on any atom is 0.270 e. The summed E-state index contributed by atoms with van der Waals surface area (Å²) in [5.74, 6) is -0.335. The zero-order chi connectivity index (χ0) is 18.7. The average molecular weight is 376 g/mol. The average Bonchev–Trinajstić information content (AvgIpc) is 3.12. The Kier molecular flexibility index (Phi) is 4.94. The first-order chi connectivity index (χ1) is 12.5. The number of halogens is 2. The second-order valence-corrected chi connectivity index (χ2v) is 5.51. The van der Waals surface area contributed by atoms with Gasteiger partial charge in [-0.2, -0.15) is 0 Å². The second-order valence-electron chi connectivity index (χ2n) is 5.11. The van der Waals surface area contributed by atoms with Gasteiger partial charge in [-0.15, -0.1) is 10.2 Å². The van der Waals surface area contributed by atoms with E-state index in [4.69, 9.17) is 20.8 Å². The number of nitro groups is 1. The fourth-order valence-electron chi connectivity index (χ4n) is 2.17. The van der Waals surface area contributed by atoms with E-state index >= 15 is 0 Å². The van der Waals surface area contributed by atoms with Crippen LogP contribution in [0.1, 0.15) is 11.5 Å². The van der Waals surface area contributed by atoms with Crippen molar-refractivity contribution in [3.8, 4) is 17.2 Å². The summed E-state index contributed by atoms with van der Waals surface area (Å²) >= 11 is 6.15. The van der Waals surface area contributed by atoms with E-state index in [9.17, 15) is 14.5 Å². The summed E-state index contributed by atoms with van der Waals surface area (Å²) in [6, 6.07) is 10.1. The highest BCUT2D eigenvalue weighted by Gasteiger charge is 2.14. The summed E-state index contributed by atoms with van der Waals surface area (Å²) in [5, 5.41) is 18.6. The molecule has 2 aromatic carbocycles. The molecule has 0 amide bonds. The number of nitrogens with zero attached hydrogens (tertiary/aromatic N) is 3. The standard InChI is InChI=1S/C17H11ClFN3O4/c1-25-15-6-5-10(8-14(15)19)7-13(18)17-21-20-16(26-17)11-3-2-4-12(9-11)22(23)24/h2-9H,1H3/b13-7-. The first-order valence-corrected chi connectivity index (χ1v) is 7.65. The number of benzene rings is 2. The Balaban J connectivity index is 1.88.